The summed E-state index contributed by atoms with van der Waals surface area (Å²) in [6.07, 6.45) is -8.77. The third-order valence-electron chi connectivity index (χ3n) is 1.85. The van der Waals surface area contributed by atoms with Crippen LogP contribution in [-0.2, 0) is 6.61 Å². The molecule has 0 atom stereocenters. The Bertz CT molecular complexity index is 491. The molecule has 0 saturated carbocycles. The lowest BCUT2D eigenvalue weighted by molar-refractivity contribution is -0.389. The second-order valence-electron chi connectivity index (χ2n) is 3.11. The Kier molecular flexibility index (Phi) is 4.19. The molecule has 1 rings (SSSR count). The molecule has 1 aromatic rings. The molecule has 0 saturated heterocycles. The van der Waals surface area contributed by atoms with Crippen molar-refractivity contribution in [3.05, 3.63) is 27.4 Å². The average Bonchev–Trinajstić information content (AvgIpc) is 2.26. The van der Waals surface area contributed by atoms with Gasteiger partial charge in [-0.3, -0.25) is 0 Å². The molecule has 0 aliphatic rings. The van der Waals surface area contributed by atoms with Crippen LogP contribution in [0.15, 0.2) is 6.07 Å². The zero-order valence-corrected chi connectivity index (χ0v) is 8.82. The third-order valence-corrected chi connectivity index (χ3v) is 1.85. The number of hydrogen-bond acceptors (Lipinski definition) is 5. The predicted octanol–water partition coefficient (Wildman–Crippen LogP) is 2.32. The fraction of sp³-hybridized carbons (Fsp3) is 0.375. The minimum atomic E-state index is -5.30. The van der Waals surface area contributed by atoms with E-state index in [0.717, 1.165) is 0 Å². The van der Waals surface area contributed by atoms with Crippen LogP contribution in [0.5, 0.6) is 5.75 Å². The Morgan fingerprint density at radius 3 is 2.42 bits per heavy atom. The van der Waals surface area contributed by atoms with Crippen LogP contribution in [0.3, 0.4) is 0 Å². The highest BCUT2D eigenvalue weighted by molar-refractivity contribution is 5.43. The molecule has 11 heteroatoms. The lowest BCUT2D eigenvalue weighted by Gasteiger charge is -2.13. The number of aliphatic hydroxyl groups is 1. The molecule has 1 aromatic heterocycles. The first-order valence-corrected chi connectivity index (χ1v) is 4.48. The number of hydrogen-bond donors (Lipinski definition) is 1. The zero-order valence-electron chi connectivity index (χ0n) is 8.82. The summed E-state index contributed by atoms with van der Waals surface area (Å²) in [5.74, 6) is -2.55. The van der Waals surface area contributed by atoms with Crippen LogP contribution in [0.4, 0.5) is 27.8 Å². The van der Waals surface area contributed by atoms with Crippen LogP contribution >= 0.6 is 0 Å². The van der Waals surface area contributed by atoms with Crippen LogP contribution in [0.25, 0.3) is 0 Å². The van der Waals surface area contributed by atoms with E-state index in [2.05, 4.69) is 9.72 Å². The molecule has 0 aliphatic carbocycles. The maximum atomic E-state index is 12.6. The van der Waals surface area contributed by atoms with Crippen molar-refractivity contribution in [1.29, 1.82) is 0 Å². The van der Waals surface area contributed by atoms with Gasteiger partial charge >= 0.3 is 12.2 Å². The van der Waals surface area contributed by atoms with E-state index < -0.39 is 47.1 Å². The number of halogens is 5. The zero-order chi connectivity index (χ0) is 14.8. The van der Waals surface area contributed by atoms with Gasteiger partial charge in [-0.25, -0.2) is 8.78 Å². The van der Waals surface area contributed by atoms with Gasteiger partial charge in [0.15, 0.2) is 5.75 Å². The van der Waals surface area contributed by atoms with Gasteiger partial charge in [-0.15, -0.1) is 13.2 Å². The van der Waals surface area contributed by atoms with E-state index in [0.29, 0.717) is 0 Å². The van der Waals surface area contributed by atoms with Crippen LogP contribution in [0, 0.1) is 10.1 Å². The predicted molar refractivity (Wildman–Crippen MR) is 48.5 cm³/mol. The van der Waals surface area contributed by atoms with Gasteiger partial charge in [0, 0.05) is 6.07 Å². The highest BCUT2D eigenvalue weighted by Gasteiger charge is 2.37. The van der Waals surface area contributed by atoms with Gasteiger partial charge in [0.25, 0.3) is 6.43 Å². The van der Waals surface area contributed by atoms with Crippen molar-refractivity contribution in [2.24, 2.45) is 0 Å². The lowest BCUT2D eigenvalue weighted by Crippen LogP contribution is -2.20. The Labute approximate surface area is 101 Å². The van der Waals surface area contributed by atoms with Gasteiger partial charge in [0.05, 0.1) is 5.56 Å². The van der Waals surface area contributed by atoms with Gasteiger partial charge in [-0.05, 0) is 9.91 Å². The molecule has 1 N–H and O–H groups in total. The first kappa shape index (κ1) is 15.0. The molecule has 6 nitrogen and oxygen atoms in total. The highest BCUT2D eigenvalue weighted by Crippen LogP contribution is 2.37. The standard InChI is InChI=1S/C8H5F5N2O4/c9-7(10)3-1-5(15(17)18)14-4(2-16)6(3)19-8(11,12)13/h1,7,16H,2H2. The van der Waals surface area contributed by atoms with Gasteiger partial charge in [-0.2, -0.15) is 0 Å². The van der Waals surface area contributed by atoms with Crippen molar-refractivity contribution >= 4 is 5.82 Å². The second kappa shape index (κ2) is 5.30. The summed E-state index contributed by atoms with van der Waals surface area (Å²) < 4.78 is 64.6. The Morgan fingerprint density at radius 2 is 2.05 bits per heavy atom. The van der Waals surface area contributed by atoms with Crippen molar-refractivity contribution in [3.8, 4) is 5.75 Å². The molecule has 1 heterocycles. The molecule has 0 aromatic carbocycles. The minimum Gasteiger partial charge on any atom is -0.401 e. The molecule has 0 spiro atoms. The number of pyridine rings is 1. The number of alkyl halides is 5. The van der Waals surface area contributed by atoms with Gasteiger partial charge in [0.1, 0.15) is 6.61 Å². The monoisotopic (exact) mass is 288 g/mol. The summed E-state index contributed by atoms with van der Waals surface area (Å²) >= 11 is 0. The molecule has 0 fully saturated rings. The molecule has 0 aliphatic heterocycles. The quantitative estimate of drug-likeness (QED) is 0.522. The van der Waals surface area contributed by atoms with Crippen molar-refractivity contribution in [1.82, 2.24) is 4.98 Å². The van der Waals surface area contributed by atoms with E-state index in [4.69, 9.17) is 5.11 Å². The number of aromatic nitrogens is 1. The maximum absolute atomic E-state index is 12.6. The molecule has 19 heavy (non-hydrogen) atoms. The first-order chi connectivity index (χ1) is 8.65. The van der Waals surface area contributed by atoms with Crippen molar-refractivity contribution in [2.45, 2.75) is 19.4 Å². The minimum absolute atomic E-state index is 0.158. The number of nitro groups is 1. The van der Waals surface area contributed by atoms with Gasteiger partial charge in [0.2, 0.25) is 5.69 Å². The second-order valence-corrected chi connectivity index (χ2v) is 3.11. The van der Waals surface area contributed by atoms with Gasteiger partial charge < -0.3 is 20.0 Å². The SMILES string of the molecule is O=[N+]([O-])c1cc(C(F)F)c(OC(F)(F)F)c(CO)n1. The fourth-order valence-electron chi connectivity index (χ4n) is 1.19. The van der Waals surface area contributed by atoms with Crippen LogP contribution < -0.4 is 4.74 Å². The van der Waals surface area contributed by atoms with Crippen molar-refractivity contribution in [2.75, 3.05) is 0 Å². The normalized spacial score (nSPS) is 11.7. The molecule has 106 valence electrons. The number of nitrogens with zero attached hydrogens (tertiary/aromatic N) is 2. The Morgan fingerprint density at radius 1 is 1.47 bits per heavy atom. The summed E-state index contributed by atoms with van der Waals surface area (Å²) in [4.78, 5) is 12.2. The summed E-state index contributed by atoms with van der Waals surface area (Å²) in [6.45, 7) is -1.23. The van der Waals surface area contributed by atoms with E-state index in [1.807, 2.05) is 0 Å². The summed E-state index contributed by atoms with van der Waals surface area (Å²) in [5.41, 5.74) is -2.37. The Balaban J connectivity index is 3.45. The summed E-state index contributed by atoms with van der Waals surface area (Å²) in [5, 5.41) is 19.1. The third kappa shape index (κ3) is 3.71. The molecule has 0 radical (unpaired) electrons. The summed E-state index contributed by atoms with van der Waals surface area (Å²) in [7, 11) is 0. The van der Waals surface area contributed by atoms with E-state index in [1.54, 1.807) is 0 Å². The number of ether oxygens (including phenoxy) is 1. The van der Waals surface area contributed by atoms with Crippen LogP contribution in [0.1, 0.15) is 17.7 Å². The lowest BCUT2D eigenvalue weighted by atomic mass is 10.2. The van der Waals surface area contributed by atoms with Crippen LogP contribution in [0.2, 0.25) is 0 Å². The van der Waals surface area contributed by atoms with Crippen molar-refractivity contribution in [3.63, 3.8) is 0 Å². The van der Waals surface area contributed by atoms with Gasteiger partial charge in [-0.1, -0.05) is 0 Å². The highest BCUT2D eigenvalue weighted by atomic mass is 19.4. The molecular formula is C8H5F5N2O4. The smallest absolute Gasteiger partial charge is 0.401 e. The maximum Gasteiger partial charge on any atom is 0.573 e. The number of rotatable bonds is 4. The van der Waals surface area contributed by atoms with E-state index in [1.165, 1.54) is 0 Å². The Hall–Kier alpha value is -2.04. The largest absolute Gasteiger partial charge is 0.573 e. The molecule has 0 unspecified atom stereocenters. The van der Waals surface area contributed by atoms with E-state index in [-0.39, 0.29) is 6.07 Å². The molecule has 0 amide bonds. The molecule has 0 bridgehead atoms. The van der Waals surface area contributed by atoms with E-state index in [9.17, 15) is 32.1 Å². The summed E-state index contributed by atoms with van der Waals surface area (Å²) in [6, 6.07) is 0.158. The fourth-order valence-corrected chi connectivity index (χ4v) is 1.19. The number of aliphatic hydroxyl groups excluding tert-OH is 1. The van der Waals surface area contributed by atoms with E-state index >= 15 is 0 Å². The first-order valence-electron chi connectivity index (χ1n) is 4.48. The van der Waals surface area contributed by atoms with Crippen molar-refractivity contribution < 1.29 is 36.7 Å². The topological polar surface area (TPSA) is 85.5 Å². The van der Waals surface area contributed by atoms with Crippen LogP contribution in [-0.4, -0.2) is 21.4 Å². The molecular weight excluding hydrogens is 283 g/mol. The average molecular weight is 288 g/mol.